The highest BCUT2D eigenvalue weighted by molar-refractivity contribution is 9.10. The van der Waals surface area contributed by atoms with Crippen LogP contribution in [0.15, 0.2) is 63.9 Å². The zero-order valence-electron chi connectivity index (χ0n) is 17.7. The molecule has 0 radical (unpaired) electrons. The topological polar surface area (TPSA) is 47.2 Å². The molecule has 0 unspecified atom stereocenters. The highest BCUT2D eigenvalue weighted by Gasteiger charge is 2.47. The van der Waals surface area contributed by atoms with Gasteiger partial charge < -0.3 is 0 Å². The Hall–Kier alpha value is -2.44. The first-order valence-corrected chi connectivity index (χ1v) is 11.7. The maximum atomic E-state index is 13.0. The van der Waals surface area contributed by atoms with Crippen molar-refractivity contribution in [2.45, 2.75) is 44.7 Å². The number of fused-ring (bicyclic) bond motifs is 2. The third-order valence-corrected chi connectivity index (χ3v) is 7.78. The fraction of sp³-hybridized carbons (Fsp3) is 0.360. The van der Waals surface area contributed by atoms with Gasteiger partial charge in [0.05, 0.1) is 16.8 Å². The first-order chi connectivity index (χ1) is 15.0. The van der Waals surface area contributed by atoms with Gasteiger partial charge in [-0.15, -0.1) is 0 Å². The van der Waals surface area contributed by atoms with Crippen LogP contribution in [0.5, 0.6) is 0 Å². The summed E-state index contributed by atoms with van der Waals surface area (Å²) in [6.45, 7) is 5.15. The van der Waals surface area contributed by atoms with Crippen LogP contribution in [-0.2, 0) is 29.7 Å². The van der Waals surface area contributed by atoms with Crippen molar-refractivity contribution in [3.8, 4) is 5.69 Å². The van der Waals surface area contributed by atoms with E-state index in [0.29, 0.717) is 29.8 Å². The van der Waals surface area contributed by atoms with Gasteiger partial charge in [0, 0.05) is 19.5 Å². The summed E-state index contributed by atoms with van der Waals surface area (Å²) in [6, 6.07) is 18.1. The highest BCUT2D eigenvalue weighted by Crippen LogP contribution is 2.44. The molecule has 5 rings (SSSR count). The number of Topliss-reactive ketones (excluding diaryl/α,β-unsaturated/α-hetero) is 1. The van der Waals surface area contributed by atoms with Crippen LogP contribution in [0.3, 0.4) is 0 Å². The molecule has 31 heavy (non-hydrogen) atoms. The standard InChI is InChI=1S/C25H26BrN3O2/c1-2-28-21(23(26)24(31)29(28)19-9-4-3-5-10-19)17-27-14-12-25(13-15-27)20-11-7-6-8-18(20)16-22(25)30/h3-11H,2,12-17H2,1H3. The van der Waals surface area contributed by atoms with Gasteiger partial charge in [0.15, 0.2) is 0 Å². The number of carbonyl (C=O) groups excluding carboxylic acids is 1. The van der Waals surface area contributed by atoms with Gasteiger partial charge >= 0.3 is 0 Å². The van der Waals surface area contributed by atoms with Crippen molar-refractivity contribution in [2.75, 3.05) is 13.1 Å². The Kier molecular flexibility index (Phi) is 5.22. The van der Waals surface area contributed by atoms with E-state index >= 15 is 0 Å². The van der Waals surface area contributed by atoms with Crippen LogP contribution >= 0.6 is 15.9 Å². The van der Waals surface area contributed by atoms with E-state index in [1.54, 1.807) is 4.68 Å². The van der Waals surface area contributed by atoms with Crippen LogP contribution in [0.4, 0.5) is 0 Å². The van der Waals surface area contributed by atoms with Crippen molar-refractivity contribution >= 4 is 21.7 Å². The Balaban J connectivity index is 1.41. The normalized spacial score (nSPS) is 17.9. The highest BCUT2D eigenvalue weighted by atomic mass is 79.9. The molecule has 1 saturated heterocycles. The molecule has 160 valence electrons. The molecular weight excluding hydrogens is 454 g/mol. The molecule has 1 aromatic heterocycles. The number of aromatic nitrogens is 2. The number of ketones is 1. The quantitative estimate of drug-likeness (QED) is 0.566. The third-order valence-electron chi connectivity index (χ3n) is 6.99. The summed E-state index contributed by atoms with van der Waals surface area (Å²) in [6.07, 6.45) is 2.25. The number of rotatable bonds is 4. The molecule has 0 atom stereocenters. The number of hydrogen-bond donors (Lipinski definition) is 0. The number of para-hydroxylation sites is 1. The summed E-state index contributed by atoms with van der Waals surface area (Å²) in [4.78, 5) is 28.4. The van der Waals surface area contributed by atoms with Gasteiger partial charge in [-0.25, -0.2) is 4.68 Å². The molecule has 2 aliphatic rings. The molecule has 1 spiro atoms. The molecule has 6 heteroatoms. The maximum absolute atomic E-state index is 13.0. The predicted molar refractivity (Wildman–Crippen MR) is 125 cm³/mol. The zero-order valence-corrected chi connectivity index (χ0v) is 19.3. The van der Waals surface area contributed by atoms with Crippen molar-refractivity contribution < 1.29 is 4.79 Å². The Labute approximate surface area is 190 Å². The van der Waals surface area contributed by atoms with Crippen LogP contribution in [-0.4, -0.2) is 33.1 Å². The number of carbonyl (C=O) groups is 1. The number of benzene rings is 2. The lowest BCUT2D eigenvalue weighted by Crippen LogP contribution is -2.45. The minimum atomic E-state index is -0.315. The average molecular weight is 480 g/mol. The lowest BCUT2D eigenvalue weighted by molar-refractivity contribution is -0.124. The van der Waals surface area contributed by atoms with E-state index < -0.39 is 0 Å². The summed E-state index contributed by atoms with van der Waals surface area (Å²) in [5.74, 6) is 0.371. The lowest BCUT2D eigenvalue weighted by atomic mass is 9.73. The van der Waals surface area contributed by atoms with Gasteiger partial charge in [-0.2, -0.15) is 0 Å². The number of hydrogen-bond acceptors (Lipinski definition) is 3. The van der Waals surface area contributed by atoms with Crippen molar-refractivity contribution in [1.29, 1.82) is 0 Å². The fourth-order valence-corrected chi connectivity index (χ4v) is 5.85. The molecule has 0 N–H and O–H groups in total. The molecule has 0 amide bonds. The molecule has 2 aromatic carbocycles. The first-order valence-electron chi connectivity index (χ1n) is 10.9. The van der Waals surface area contributed by atoms with Gasteiger partial charge in [-0.3, -0.25) is 19.2 Å². The van der Waals surface area contributed by atoms with E-state index in [2.05, 4.69) is 50.6 Å². The van der Waals surface area contributed by atoms with E-state index in [-0.39, 0.29) is 11.0 Å². The van der Waals surface area contributed by atoms with E-state index in [1.165, 1.54) is 11.1 Å². The largest absolute Gasteiger partial charge is 0.298 e. The number of nitrogens with zero attached hydrogens (tertiary/aromatic N) is 3. The van der Waals surface area contributed by atoms with Crippen LogP contribution in [0.1, 0.15) is 36.6 Å². The van der Waals surface area contributed by atoms with Crippen LogP contribution in [0, 0.1) is 0 Å². The second-order valence-corrected chi connectivity index (χ2v) is 9.34. The second-order valence-electron chi connectivity index (χ2n) is 8.54. The summed E-state index contributed by atoms with van der Waals surface area (Å²) in [5, 5.41) is 0. The van der Waals surface area contributed by atoms with Gasteiger partial charge in [0.25, 0.3) is 5.56 Å². The number of likely N-dealkylation sites (tertiary alicyclic amines) is 1. The summed E-state index contributed by atoms with van der Waals surface area (Å²) >= 11 is 3.57. The molecule has 0 bridgehead atoms. The zero-order chi connectivity index (χ0) is 21.6. The lowest BCUT2D eigenvalue weighted by Gasteiger charge is -2.39. The number of piperidine rings is 1. The summed E-state index contributed by atoms with van der Waals surface area (Å²) in [5.41, 5.74) is 3.95. The molecule has 0 saturated carbocycles. The third kappa shape index (κ3) is 3.24. The smallest absolute Gasteiger partial charge is 0.286 e. The minimum Gasteiger partial charge on any atom is -0.298 e. The van der Waals surface area contributed by atoms with Crippen LogP contribution in [0.25, 0.3) is 5.69 Å². The molecule has 5 nitrogen and oxygen atoms in total. The predicted octanol–water partition coefficient (Wildman–Crippen LogP) is 4.08. The van der Waals surface area contributed by atoms with E-state index in [4.69, 9.17) is 0 Å². The Morgan fingerprint density at radius 3 is 2.35 bits per heavy atom. The summed E-state index contributed by atoms with van der Waals surface area (Å²) in [7, 11) is 0. The second kappa shape index (κ2) is 7.92. The molecule has 3 aromatic rings. The van der Waals surface area contributed by atoms with E-state index in [0.717, 1.165) is 37.3 Å². The van der Waals surface area contributed by atoms with Crippen molar-refractivity contribution in [2.24, 2.45) is 0 Å². The monoisotopic (exact) mass is 479 g/mol. The number of halogens is 1. The van der Waals surface area contributed by atoms with Gasteiger partial charge in [0.2, 0.25) is 0 Å². The molecule has 1 fully saturated rings. The van der Waals surface area contributed by atoms with E-state index in [1.807, 2.05) is 36.4 Å². The Morgan fingerprint density at radius 2 is 1.65 bits per heavy atom. The van der Waals surface area contributed by atoms with Crippen molar-refractivity contribution in [1.82, 2.24) is 14.3 Å². The van der Waals surface area contributed by atoms with E-state index in [9.17, 15) is 9.59 Å². The van der Waals surface area contributed by atoms with Gasteiger partial charge in [0.1, 0.15) is 10.3 Å². The molecular formula is C25H26BrN3O2. The Bertz CT molecular complexity index is 1190. The van der Waals surface area contributed by atoms with Gasteiger partial charge in [-0.05, 0) is 72.0 Å². The SMILES string of the molecule is CCn1c(CN2CCC3(CC2)C(=O)Cc2ccccc23)c(Br)c(=O)n1-c1ccccc1. The average Bonchev–Trinajstić information content (AvgIpc) is 3.21. The Morgan fingerprint density at radius 1 is 0.968 bits per heavy atom. The van der Waals surface area contributed by atoms with Crippen molar-refractivity contribution in [3.05, 3.63) is 86.2 Å². The minimum absolute atomic E-state index is 0.0311. The maximum Gasteiger partial charge on any atom is 0.286 e. The fourth-order valence-electron chi connectivity index (χ4n) is 5.36. The molecule has 1 aliphatic heterocycles. The van der Waals surface area contributed by atoms with Crippen LogP contribution < -0.4 is 5.56 Å². The first kappa shape index (κ1) is 20.5. The van der Waals surface area contributed by atoms with Gasteiger partial charge in [-0.1, -0.05) is 42.5 Å². The summed E-state index contributed by atoms with van der Waals surface area (Å²) < 4.78 is 4.43. The van der Waals surface area contributed by atoms with Crippen LogP contribution in [0.2, 0.25) is 0 Å². The van der Waals surface area contributed by atoms with Crippen molar-refractivity contribution in [3.63, 3.8) is 0 Å². The molecule has 2 heterocycles. The molecule has 1 aliphatic carbocycles.